The minimum Gasteiger partial charge on any atom is -0.381 e. The van der Waals surface area contributed by atoms with Crippen molar-refractivity contribution in [3.8, 4) is 0 Å². The highest BCUT2D eigenvalue weighted by Crippen LogP contribution is 2.37. The standard InChI is InChI=1S/C17H29F3N2O/c18-17(19,20)14-2-1-3-16(10-14)21-15-4-7-22(8-5-15)11-13-6-9-23-12-13/h13-16,21H,1-12H2. The van der Waals surface area contributed by atoms with E-state index in [1.165, 1.54) is 6.42 Å². The normalized spacial score (nSPS) is 34.8. The summed E-state index contributed by atoms with van der Waals surface area (Å²) in [6, 6.07) is 0.443. The Morgan fingerprint density at radius 3 is 2.43 bits per heavy atom. The van der Waals surface area contributed by atoms with Crippen molar-refractivity contribution in [2.75, 3.05) is 32.8 Å². The molecule has 0 bridgehead atoms. The molecule has 1 N–H and O–H groups in total. The largest absolute Gasteiger partial charge is 0.391 e. The van der Waals surface area contributed by atoms with Crippen LogP contribution in [0.25, 0.3) is 0 Å². The number of alkyl halides is 3. The lowest BCUT2D eigenvalue weighted by Gasteiger charge is -2.38. The summed E-state index contributed by atoms with van der Waals surface area (Å²) < 4.78 is 44.1. The second-order valence-electron chi connectivity index (χ2n) is 7.57. The van der Waals surface area contributed by atoms with Crippen LogP contribution < -0.4 is 5.32 Å². The van der Waals surface area contributed by atoms with E-state index in [9.17, 15) is 13.2 Å². The molecular weight excluding hydrogens is 305 g/mol. The average Bonchev–Trinajstić information content (AvgIpc) is 3.02. The Morgan fingerprint density at radius 1 is 1.00 bits per heavy atom. The van der Waals surface area contributed by atoms with Gasteiger partial charge < -0.3 is 15.0 Å². The molecule has 2 aliphatic heterocycles. The van der Waals surface area contributed by atoms with E-state index in [1.807, 2.05) is 0 Å². The third-order valence-corrected chi connectivity index (χ3v) is 5.74. The summed E-state index contributed by atoms with van der Waals surface area (Å²) >= 11 is 0. The van der Waals surface area contributed by atoms with Crippen molar-refractivity contribution < 1.29 is 17.9 Å². The van der Waals surface area contributed by atoms with Gasteiger partial charge in [0, 0.05) is 25.2 Å². The first-order valence-electron chi connectivity index (χ1n) is 9.13. The van der Waals surface area contributed by atoms with Gasteiger partial charge in [0.2, 0.25) is 0 Å². The van der Waals surface area contributed by atoms with Crippen molar-refractivity contribution in [2.24, 2.45) is 11.8 Å². The maximum atomic E-state index is 12.9. The molecule has 3 atom stereocenters. The zero-order valence-corrected chi connectivity index (χ0v) is 13.8. The van der Waals surface area contributed by atoms with Crippen molar-refractivity contribution in [3.63, 3.8) is 0 Å². The maximum absolute atomic E-state index is 12.9. The molecule has 0 aromatic rings. The highest BCUT2D eigenvalue weighted by molar-refractivity contribution is 4.86. The number of nitrogens with zero attached hydrogens (tertiary/aromatic N) is 1. The number of hydrogen-bond donors (Lipinski definition) is 1. The topological polar surface area (TPSA) is 24.5 Å². The molecule has 134 valence electrons. The fourth-order valence-corrected chi connectivity index (χ4v) is 4.35. The van der Waals surface area contributed by atoms with E-state index in [4.69, 9.17) is 4.74 Å². The van der Waals surface area contributed by atoms with E-state index in [1.54, 1.807) is 0 Å². The minimum atomic E-state index is -4.02. The van der Waals surface area contributed by atoms with Crippen LogP contribution in [0.15, 0.2) is 0 Å². The summed E-state index contributed by atoms with van der Waals surface area (Å²) in [5.41, 5.74) is 0. The molecule has 3 nitrogen and oxygen atoms in total. The molecule has 0 aromatic heterocycles. The summed E-state index contributed by atoms with van der Waals surface area (Å²) in [6.45, 7) is 5.02. The molecule has 1 saturated carbocycles. The quantitative estimate of drug-likeness (QED) is 0.854. The van der Waals surface area contributed by atoms with E-state index >= 15 is 0 Å². The van der Waals surface area contributed by atoms with Crippen molar-refractivity contribution in [3.05, 3.63) is 0 Å². The van der Waals surface area contributed by atoms with Gasteiger partial charge in [-0.1, -0.05) is 6.42 Å². The molecule has 1 aliphatic carbocycles. The van der Waals surface area contributed by atoms with Gasteiger partial charge in [0.25, 0.3) is 0 Å². The first-order valence-corrected chi connectivity index (χ1v) is 9.13. The predicted octanol–water partition coefficient (Wildman–Crippen LogP) is 3.20. The van der Waals surface area contributed by atoms with E-state index in [2.05, 4.69) is 10.2 Å². The van der Waals surface area contributed by atoms with Crippen molar-refractivity contribution >= 4 is 0 Å². The van der Waals surface area contributed by atoms with Crippen LogP contribution in [0.5, 0.6) is 0 Å². The lowest BCUT2D eigenvalue weighted by Crippen LogP contribution is -2.49. The van der Waals surface area contributed by atoms with Gasteiger partial charge in [-0.15, -0.1) is 0 Å². The molecule has 2 saturated heterocycles. The SMILES string of the molecule is FC(F)(F)C1CCCC(NC2CCN(CC3CCOC3)CC2)C1. The summed E-state index contributed by atoms with van der Waals surface area (Å²) in [4.78, 5) is 2.50. The van der Waals surface area contributed by atoms with E-state index in [-0.39, 0.29) is 12.5 Å². The predicted molar refractivity (Wildman–Crippen MR) is 83.3 cm³/mol. The van der Waals surface area contributed by atoms with Gasteiger partial charge in [0.1, 0.15) is 0 Å². The van der Waals surface area contributed by atoms with Gasteiger partial charge in [0.15, 0.2) is 0 Å². The zero-order valence-electron chi connectivity index (χ0n) is 13.8. The summed E-state index contributed by atoms with van der Waals surface area (Å²) in [5.74, 6) is -0.429. The monoisotopic (exact) mass is 334 g/mol. The van der Waals surface area contributed by atoms with Crippen LogP contribution >= 0.6 is 0 Å². The van der Waals surface area contributed by atoms with Crippen LogP contribution in [0.2, 0.25) is 0 Å². The van der Waals surface area contributed by atoms with E-state index in [0.29, 0.717) is 24.8 Å². The Morgan fingerprint density at radius 2 is 1.78 bits per heavy atom. The Labute approximate surface area is 136 Å². The lowest BCUT2D eigenvalue weighted by atomic mass is 9.84. The molecule has 3 aliphatic rings. The van der Waals surface area contributed by atoms with E-state index < -0.39 is 12.1 Å². The Hall–Kier alpha value is -0.330. The summed E-state index contributed by atoms with van der Waals surface area (Å²) in [5, 5.41) is 3.52. The first-order chi connectivity index (χ1) is 11.0. The summed E-state index contributed by atoms with van der Waals surface area (Å²) in [6.07, 6.45) is 1.43. The molecule has 2 heterocycles. The molecule has 0 aromatic carbocycles. The molecule has 0 spiro atoms. The third-order valence-electron chi connectivity index (χ3n) is 5.74. The molecule has 3 rings (SSSR count). The number of hydrogen-bond acceptors (Lipinski definition) is 3. The van der Waals surface area contributed by atoms with Crippen LogP contribution in [0, 0.1) is 11.8 Å². The Bertz CT molecular complexity index is 363. The van der Waals surface area contributed by atoms with E-state index in [0.717, 1.165) is 52.1 Å². The molecular formula is C17H29F3N2O. The molecule has 3 fully saturated rings. The number of piperidine rings is 1. The fourth-order valence-electron chi connectivity index (χ4n) is 4.35. The number of halogens is 3. The van der Waals surface area contributed by atoms with Crippen molar-refractivity contribution in [1.29, 1.82) is 0 Å². The maximum Gasteiger partial charge on any atom is 0.391 e. The van der Waals surface area contributed by atoms with Crippen LogP contribution in [0.1, 0.15) is 44.9 Å². The highest BCUT2D eigenvalue weighted by Gasteiger charge is 2.42. The number of rotatable bonds is 4. The number of likely N-dealkylation sites (tertiary alicyclic amines) is 1. The molecule has 23 heavy (non-hydrogen) atoms. The smallest absolute Gasteiger partial charge is 0.381 e. The molecule has 3 unspecified atom stereocenters. The second kappa shape index (κ2) is 7.70. The molecule has 6 heteroatoms. The number of nitrogens with one attached hydrogen (secondary N) is 1. The lowest BCUT2D eigenvalue weighted by molar-refractivity contribution is -0.184. The van der Waals surface area contributed by atoms with Gasteiger partial charge >= 0.3 is 6.18 Å². The number of ether oxygens (including phenoxy) is 1. The third kappa shape index (κ3) is 5.07. The highest BCUT2D eigenvalue weighted by atomic mass is 19.4. The second-order valence-corrected chi connectivity index (χ2v) is 7.57. The van der Waals surface area contributed by atoms with Gasteiger partial charge in [-0.25, -0.2) is 0 Å². The first kappa shape index (κ1) is 17.5. The van der Waals surface area contributed by atoms with Crippen molar-refractivity contribution in [2.45, 2.75) is 63.2 Å². The van der Waals surface area contributed by atoms with Crippen molar-refractivity contribution in [1.82, 2.24) is 10.2 Å². The van der Waals surface area contributed by atoms with Crippen LogP contribution in [0.4, 0.5) is 13.2 Å². The van der Waals surface area contributed by atoms with Gasteiger partial charge in [0.05, 0.1) is 12.5 Å². The van der Waals surface area contributed by atoms with Crippen LogP contribution in [-0.4, -0.2) is 56.0 Å². The van der Waals surface area contributed by atoms with Crippen LogP contribution in [-0.2, 0) is 4.74 Å². The summed E-state index contributed by atoms with van der Waals surface area (Å²) in [7, 11) is 0. The van der Waals surface area contributed by atoms with Gasteiger partial charge in [-0.2, -0.15) is 13.2 Å². The minimum absolute atomic E-state index is 0.0511. The Kier molecular flexibility index (Phi) is 5.86. The van der Waals surface area contributed by atoms with Crippen LogP contribution in [0.3, 0.4) is 0 Å². The fraction of sp³-hybridized carbons (Fsp3) is 1.00. The van der Waals surface area contributed by atoms with Gasteiger partial charge in [-0.05, 0) is 57.5 Å². The average molecular weight is 334 g/mol. The Balaban J connectivity index is 1.38. The van der Waals surface area contributed by atoms with Gasteiger partial charge in [-0.3, -0.25) is 0 Å². The molecule has 0 amide bonds. The zero-order chi connectivity index (χ0) is 16.3. The molecule has 0 radical (unpaired) electrons.